The highest BCUT2D eigenvalue weighted by atomic mass is 32.1. The van der Waals surface area contributed by atoms with Crippen LogP contribution in [0.3, 0.4) is 0 Å². The summed E-state index contributed by atoms with van der Waals surface area (Å²) < 4.78 is 26.8. The summed E-state index contributed by atoms with van der Waals surface area (Å²) in [4.78, 5) is 0.983. The first-order valence-corrected chi connectivity index (χ1v) is 9.80. The molecule has 0 saturated carbocycles. The fourth-order valence-electron chi connectivity index (χ4n) is 3.18. The Labute approximate surface area is 168 Å². The standard InChI is InChI=1S/C22H21NO4S/c1-24-19-9-8-16(11-20(19)25-2)22-18(12-23-28-22)21-14-26-13-17(27-21)10-15-6-4-3-5-7-15/h3-4,6,8-9,11-14H,5,7,10H2,1-2H3. The molecule has 0 amide bonds. The molecule has 1 aromatic heterocycles. The van der Waals surface area contributed by atoms with Crippen LogP contribution in [0, 0.1) is 0 Å². The lowest BCUT2D eigenvalue weighted by atomic mass is 10.0. The third-order valence-corrected chi connectivity index (χ3v) is 5.45. The lowest BCUT2D eigenvalue weighted by Gasteiger charge is -2.18. The molecule has 144 valence electrons. The van der Waals surface area contributed by atoms with E-state index in [1.165, 1.54) is 17.1 Å². The summed E-state index contributed by atoms with van der Waals surface area (Å²) in [6.07, 6.45) is 14.4. The summed E-state index contributed by atoms with van der Waals surface area (Å²) in [6.45, 7) is 0. The molecule has 6 heteroatoms. The van der Waals surface area contributed by atoms with Crippen LogP contribution in [0.5, 0.6) is 11.5 Å². The topological polar surface area (TPSA) is 49.8 Å². The van der Waals surface area contributed by atoms with Gasteiger partial charge in [-0.25, -0.2) is 0 Å². The predicted molar refractivity (Wildman–Crippen MR) is 110 cm³/mol. The van der Waals surface area contributed by atoms with E-state index in [-0.39, 0.29) is 0 Å². The van der Waals surface area contributed by atoms with Crippen molar-refractivity contribution in [3.05, 3.63) is 72.0 Å². The molecule has 1 aliphatic carbocycles. The predicted octanol–water partition coefficient (Wildman–Crippen LogP) is 5.68. The minimum Gasteiger partial charge on any atom is -0.493 e. The molecule has 0 atom stereocenters. The molecule has 1 aromatic carbocycles. The Balaban J connectivity index is 1.57. The Kier molecular flexibility index (Phi) is 5.48. The Hall–Kier alpha value is -2.99. The third-order valence-electron chi connectivity index (χ3n) is 4.60. The van der Waals surface area contributed by atoms with Gasteiger partial charge in [-0.15, -0.1) is 0 Å². The summed E-state index contributed by atoms with van der Waals surface area (Å²) >= 11 is 1.40. The molecule has 0 fully saturated rings. The van der Waals surface area contributed by atoms with E-state index in [1.54, 1.807) is 32.9 Å². The van der Waals surface area contributed by atoms with Crippen molar-refractivity contribution in [2.75, 3.05) is 14.2 Å². The van der Waals surface area contributed by atoms with Crippen LogP contribution in [0.25, 0.3) is 16.2 Å². The third kappa shape index (κ3) is 3.82. The highest BCUT2D eigenvalue weighted by Crippen LogP contribution is 2.39. The van der Waals surface area contributed by atoms with Crippen LogP contribution in [0.4, 0.5) is 0 Å². The molecule has 28 heavy (non-hydrogen) atoms. The van der Waals surface area contributed by atoms with Crippen LogP contribution in [-0.4, -0.2) is 18.6 Å². The fraction of sp³-hybridized carbons (Fsp3) is 0.227. The van der Waals surface area contributed by atoms with Crippen LogP contribution >= 0.6 is 11.5 Å². The van der Waals surface area contributed by atoms with E-state index < -0.39 is 0 Å². The normalized spacial score (nSPS) is 15.7. The average molecular weight is 395 g/mol. The van der Waals surface area contributed by atoms with Crippen molar-refractivity contribution in [1.82, 2.24) is 4.37 Å². The maximum atomic E-state index is 6.14. The summed E-state index contributed by atoms with van der Waals surface area (Å²) in [6, 6.07) is 5.81. The van der Waals surface area contributed by atoms with Crippen LogP contribution in [0.2, 0.25) is 0 Å². The zero-order valence-corrected chi connectivity index (χ0v) is 16.6. The van der Waals surface area contributed by atoms with Crippen molar-refractivity contribution in [3.8, 4) is 21.9 Å². The van der Waals surface area contributed by atoms with E-state index >= 15 is 0 Å². The average Bonchev–Trinajstić information content (AvgIpc) is 3.24. The molecule has 2 aliphatic rings. The largest absolute Gasteiger partial charge is 0.493 e. The molecular weight excluding hydrogens is 374 g/mol. The van der Waals surface area contributed by atoms with Gasteiger partial charge in [0.05, 0.1) is 30.9 Å². The molecule has 5 nitrogen and oxygen atoms in total. The maximum absolute atomic E-state index is 6.14. The van der Waals surface area contributed by atoms with Gasteiger partial charge in [0.2, 0.25) is 0 Å². The Morgan fingerprint density at radius 1 is 1.14 bits per heavy atom. The first kappa shape index (κ1) is 18.4. The Morgan fingerprint density at radius 3 is 2.82 bits per heavy atom. The van der Waals surface area contributed by atoms with Gasteiger partial charge in [-0.2, -0.15) is 4.37 Å². The zero-order valence-electron chi connectivity index (χ0n) is 15.8. The van der Waals surface area contributed by atoms with Gasteiger partial charge < -0.3 is 18.9 Å². The molecular formula is C22H21NO4S. The zero-order chi connectivity index (χ0) is 19.3. The highest BCUT2D eigenvalue weighted by Gasteiger charge is 2.20. The number of nitrogens with zero attached hydrogens (tertiary/aromatic N) is 1. The molecule has 2 aromatic rings. The number of methoxy groups -OCH3 is 2. The maximum Gasteiger partial charge on any atom is 0.172 e. The van der Waals surface area contributed by atoms with Crippen LogP contribution in [0.15, 0.2) is 66.5 Å². The molecule has 0 bridgehead atoms. The monoisotopic (exact) mass is 395 g/mol. The lowest BCUT2D eigenvalue weighted by molar-refractivity contribution is 0.273. The van der Waals surface area contributed by atoms with Crippen molar-refractivity contribution in [2.24, 2.45) is 0 Å². The molecule has 0 spiro atoms. The van der Waals surface area contributed by atoms with E-state index in [0.29, 0.717) is 17.3 Å². The smallest absolute Gasteiger partial charge is 0.172 e. The molecule has 0 radical (unpaired) electrons. The lowest BCUT2D eigenvalue weighted by Crippen LogP contribution is -2.02. The Bertz CT molecular complexity index is 984. The minimum absolute atomic E-state index is 0.656. The van der Waals surface area contributed by atoms with Crippen molar-refractivity contribution in [3.63, 3.8) is 0 Å². The molecule has 2 heterocycles. The summed E-state index contributed by atoms with van der Waals surface area (Å²) in [7, 11) is 3.25. The molecule has 0 unspecified atom stereocenters. The number of hydrogen-bond acceptors (Lipinski definition) is 6. The Morgan fingerprint density at radius 2 is 2.04 bits per heavy atom. The number of rotatable bonds is 6. The summed E-state index contributed by atoms with van der Waals surface area (Å²) in [5.41, 5.74) is 3.21. The molecule has 1 aliphatic heterocycles. The number of ether oxygens (including phenoxy) is 4. The first-order chi connectivity index (χ1) is 13.8. The second kappa shape index (κ2) is 8.35. The van der Waals surface area contributed by atoms with Crippen molar-refractivity contribution >= 4 is 17.3 Å². The van der Waals surface area contributed by atoms with Gasteiger partial charge in [0, 0.05) is 6.42 Å². The van der Waals surface area contributed by atoms with Crippen molar-refractivity contribution in [2.45, 2.75) is 19.3 Å². The second-order valence-electron chi connectivity index (χ2n) is 6.41. The van der Waals surface area contributed by atoms with Gasteiger partial charge in [-0.3, -0.25) is 0 Å². The summed E-state index contributed by atoms with van der Waals surface area (Å²) in [5, 5.41) is 0. The molecule has 4 rings (SSSR count). The SMILES string of the molecule is COc1ccc(-c2sncc2C2=COC=C(CC3=CC=CCC3)O2)cc1OC. The van der Waals surface area contributed by atoms with E-state index in [1.807, 2.05) is 18.2 Å². The number of allylic oxidation sites excluding steroid dienone is 4. The van der Waals surface area contributed by atoms with E-state index in [4.69, 9.17) is 18.9 Å². The van der Waals surface area contributed by atoms with Gasteiger partial charge in [-0.05, 0) is 48.1 Å². The summed E-state index contributed by atoms with van der Waals surface area (Å²) in [5.74, 6) is 2.81. The van der Waals surface area contributed by atoms with E-state index in [0.717, 1.165) is 41.0 Å². The number of benzene rings is 1. The van der Waals surface area contributed by atoms with Crippen LogP contribution < -0.4 is 9.47 Å². The number of aromatic nitrogens is 1. The van der Waals surface area contributed by atoms with Gasteiger partial charge in [0.25, 0.3) is 0 Å². The van der Waals surface area contributed by atoms with Crippen LogP contribution in [0.1, 0.15) is 24.8 Å². The molecule has 0 saturated heterocycles. The minimum atomic E-state index is 0.656. The van der Waals surface area contributed by atoms with Crippen molar-refractivity contribution in [1.29, 1.82) is 0 Å². The van der Waals surface area contributed by atoms with Gasteiger partial charge >= 0.3 is 0 Å². The van der Waals surface area contributed by atoms with Crippen LogP contribution in [-0.2, 0) is 9.47 Å². The van der Waals surface area contributed by atoms with E-state index in [9.17, 15) is 0 Å². The van der Waals surface area contributed by atoms with Gasteiger partial charge in [-0.1, -0.05) is 23.8 Å². The quantitative estimate of drug-likeness (QED) is 0.630. The fourth-order valence-corrected chi connectivity index (χ4v) is 3.93. The highest BCUT2D eigenvalue weighted by molar-refractivity contribution is 7.09. The second-order valence-corrected chi connectivity index (χ2v) is 7.21. The van der Waals surface area contributed by atoms with Gasteiger partial charge in [0.1, 0.15) is 18.3 Å². The van der Waals surface area contributed by atoms with E-state index in [2.05, 4.69) is 22.6 Å². The molecule has 0 N–H and O–H groups in total. The first-order valence-electron chi connectivity index (χ1n) is 9.03. The number of hydrogen-bond donors (Lipinski definition) is 0. The van der Waals surface area contributed by atoms with Crippen molar-refractivity contribution < 1.29 is 18.9 Å². The van der Waals surface area contributed by atoms with Gasteiger partial charge in [0.15, 0.2) is 17.3 Å².